The van der Waals surface area contributed by atoms with Crippen LogP contribution in [-0.2, 0) is 14.4 Å². The summed E-state index contributed by atoms with van der Waals surface area (Å²) in [6, 6.07) is 8.98. The molecule has 0 aliphatic heterocycles. The molecule has 0 bridgehead atoms. The second-order valence-corrected chi connectivity index (χ2v) is 4.66. The van der Waals surface area contributed by atoms with Gasteiger partial charge in [0.2, 0.25) is 5.76 Å². The highest BCUT2D eigenvalue weighted by molar-refractivity contribution is 6.30. The molecule has 2 aromatic rings. The standard InChI is InChI=1S/C16H14ClNO4/c1-3-15(20-2)16(19)22-21-14-8-12(9-18-10-14)11-4-6-13(17)7-5-11/h3-10H,1-2H3. The maximum Gasteiger partial charge on any atom is 0.419 e. The van der Waals surface area contributed by atoms with Crippen molar-refractivity contribution in [1.82, 2.24) is 4.98 Å². The summed E-state index contributed by atoms with van der Waals surface area (Å²) in [7, 11) is 1.37. The van der Waals surface area contributed by atoms with Crippen LogP contribution in [0.25, 0.3) is 11.1 Å². The molecule has 114 valence electrons. The number of halogens is 1. The van der Waals surface area contributed by atoms with Gasteiger partial charge in [0, 0.05) is 16.8 Å². The predicted molar refractivity (Wildman–Crippen MR) is 82.2 cm³/mol. The summed E-state index contributed by atoms with van der Waals surface area (Å²) in [6.07, 6.45) is 4.59. The first-order valence-electron chi connectivity index (χ1n) is 6.44. The number of carbonyl (C=O) groups is 1. The predicted octanol–water partition coefficient (Wildman–Crippen LogP) is 3.79. The van der Waals surface area contributed by atoms with Crippen LogP contribution in [0.5, 0.6) is 5.75 Å². The Morgan fingerprint density at radius 1 is 1.18 bits per heavy atom. The van der Waals surface area contributed by atoms with E-state index < -0.39 is 5.97 Å². The number of methoxy groups -OCH3 is 1. The number of hydrogen-bond acceptors (Lipinski definition) is 5. The summed E-state index contributed by atoms with van der Waals surface area (Å²) < 4.78 is 4.83. The van der Waals surface area contributed by atoms with E-state index in [-0.39, 0.29) is 5.76 Å². The summed E-state index contributed by atoms with van der Waals surface area (Å²) in [4.78, 5) is 25.3. The van der Waals surface area contributed by atoms with Gasteiger partial charge in [-0.25, -0.2) is 9.68 Å². The van der Waals surface area contributed by atoms with E-state index in [0.717, 1.165) is 11.1 Å². The molecule has 0 fully saturated rings. The number of aromatic nitrogens is 1. The molecule has 0 saturated carbocycles. The van der Waals surface area contributed by atoms with Crippen LogP contribution in [0.2, 0.25) is 5.02 Å². The SMILES string of the molecule is CC=C(OC)C(=O)OOc1cncc(-c2ccc(Cl)cc2)c1. The molecule has 22 heavy (non-hydrogen) atoms. The smallest absolute Gasteiger partial charge is 0.419 e. The Hall–Kier alpha value is -2.53. The van der Waals surface area contributed by atoms with Gasteiger partial charge in [0.15, 0.2) is 5.75 Å². The van der Waals surface area contributed by atoms with Gasteiger partial charge in [-0.3, -0.25) is 9.87 Å². The van der Waals surface area contributed by atoms with Crippen molar-refractivity contribution in [2.75, 3.05) is 7.11 Å². The van der Waals surface area contributed by atoms with E-state index in [1.54, 1.807) is 31.3 Å². The average molecular weight is 320 g/mol. The van der Waals surface area contributed by atoms with E-state index >= 15 is 0 Å². The lowest BCUT2D eigenvalue weighted by atomic mass is 10.1. The molecule has 0 radical (unpaired) electrons. The van der Waals surface area contributed by atoms with Crippen LogP contribution in [0.15, 0.2) is 54.6 Å². The molecule has 0 atom stereocenters. The molecular weight excluding hydrogens is 306 g/mol. The number of allylic oxidation sites excluding steroid dienone is 1. The molecule has 0 N–H and O–H groups in total. The van der Waals surface area contributed by atoms with E-state index in [1.807, 2.05) is 12.1 Å². The highest BCUT2D eigenvalue weighted by atomic mass is 35.5. The largest absolute Gasteiger partial charge is 0.490 e. The molecule has 0 unspecified atom stereocenters. The number of hydrogen-bond donors (Lipinski definition) is 0. The zero-order valence-electron chi connectivity index (χ0n) is 12.1. The molecule has 2 rings (SSSR count). The summed E-state index contributed by atoms with van der Waals surface area (Å²) in [5, 5.41) is 0.650. The van der Waals surface area contributed by atoms with E-state index in [1.165, 1.54) is 19.4 Å². The number of carbonyl (C=O) groups excluding carboxylic acids is 1. The minimum absolute atomic E-state index is 0.0572. The van der Waals surface area contributed by atoms with Crippen molar-refractivity contribution in [3.8, 4) is 16.9 Å². The van der Waals surface area contributed by atoms with E-state index in [4.69, 9.17) is 21.2 Å². The Morgan fingerprint density at radius 3 is 2.55 bits per heavy atom. The van der Waals surface area contributed by atoms with Gasteiger partial charge in [0.05, 0.1) is 13.3 Å². The van der Waals surface area contributed by atoms with Crippen molar-refractivity contribution in [2.45, 2.75) is 6.92 Å². The fourth-order valence-electron chi connectivity index (χ4n) is 1.71. The van der Waals surface area contributed by atoms with E-state index in [0.29, 0.717) is 10.8 Å². The second-order valence-electron chi connectivity index (χ2n) is 4.23. The lowest BCUT2D eigenvalue weighted by Gasteiger charge is -2.07. The van der Waals surface area contributed by atoms with E-state index in [9.17, 15) is 4.79 Å². The molecule has 0 amide bonds. The van der Waals surface area contributed by atoms with Gasteiger partial charge in [-0.15, -0.1) is 0 Å². The third-order valence-electron chi connectivity index (χ3n) is 2.79. The van der Waals surface area contributed by atoms with Crippen LogP contribution in [0.3, 0.4) is 0 Å². The Morgan fingerprint density at radius 2 is 1.91 bits per heavy atom. The maximum absolute atomic E-state index is 11.6. The topological polar surface area (TPSA) is 57.7 Å². The van der Waals surface area contributed by atoms with Gasteiger partial charge in [0.1, 0.15) is 0 Å². The number of ether oxygens (including phenoxy) is 1. The quantitative estimate of drug-likeness (QED) is 0.363. The second kappa shape index (κ2) is 7.47. The molecular formula is C16H14ClNO4. The zero-order valence-corrected chi connectivity index (χ0v) is 12.8. The van der Waals surface area contributed by atoms with Crippen molar-refractivity contribution >= 4 is 17.6 Å². The van der Waals surface area contributed by atoms with Crippen molar-refractivity contribution < 1.29 is 19.3 Å². The summed E-state index contributed by atoms with van der Waals surface area (Å²) in [6.45, 7) is 1.66. The number of pyridine rings is 1. The fraction of sp³-hybridized carbons (Fsp3) is 0.125. The Bertz CT molecular complexity index is 683. The van der Waals surface area contributed by atoms with Gasteiger partial charge in [-0.1, -0.05) is 23.7 Å². The summed E-state index contributed by atoms with van der Waals surface area (Å²) in [5.74, 6) is -0.365. The van der Waals surface area contributed by atoms with Crippen LogP contribution >= 0.6 is 11.6 Å². The number of nitrogens with zero attached hydrogens (tertiary/aromatic N) is 1. The molecule has 1 aromatic carbocycles. The van der Waals surface area contributed by atoms with Crippen LogP contribution in [-0.4, -0.2) is 18.1 Å². The van der Waals surface area contributed by atoms with E-state index in [2.05, 4.69) is 9.87 Å². The minimum Gasteiger partial charge on any atom is -0.490 e. The van der Waals surface area contributed by atoms with Gasteiger partial charge in [0.25, 0.3) is 0 Å². The van der Waals surface area contributed by atoms with Crippen LogP contribution in [0, 0.1) is 0 Å². The summed E-state index contributed by atoms with van der Waals surface area (Å²) >= 11 is 5.86. The highest BCUT2D eigenvalue weighted by Crippen LogP contribution is 2.24. The van der Waals surface area contributed by atoms with Gasteiger partial charge in [-0.05, 0) is 36.8 Å². The normalized spacial score (nSPS) is 11.0. The lowest BCUT2D eigenvalue weighted by Crippen LogP contribution is -2.12. The molecule has 0 spiro atoms. The Balaban J connectivity index is 2.09. The monoisotopic (exact) mass is 319 g/mol. The molecule has 1 aromatic heterocycles. The molecule has 5 nitrogen and oxygen atoms in total. The Kier molecular flexibility index (Phi) is 5.38. The lowest BCUT2D eigenvalue weighted by molar-refractivity contribution is -0.212. The summed E-state index contributed by atoms with van der Waals surface area (Å²) in [5.41, 5.74) is 1.72. The first kappa shape index (κ1) is 15.9. The minimum atomic E-state index is -0.720. The first-order chi connectivity index (χ1) is 10.6. The van der Waals surface area contributed by atoms with Crippen molar-refractivity contribution in [3.63, 3.8) is 0 Å². The molecule has 6 heteroatoms. The fourth-order valence-corrected chi connectivity index (χ4v) is 1.84. The van der Waals surface area contributed by atoms with Crippen LogP contribution in [0.4, 0.5) is 0 Å². The van der Waals surface area contributed by atoms with Crippen molar-refractivity contribution in [2.24, 2.45) is 0 Å². The molecule has 1 heterocycles. The number of benzene rings is 1. The third-order valence-corrected chi connectivity index (χ3v) is 3.04. The van der Waals surface area contributed by atoms with Crippen molar-refractivity contribution in [1.29, 1.82) is 0 Å². The third kappa shape index (κ3) is 3.99. The first-order valence-corrected chi connectivity index (χ1v) is 6.82. The highest BCUT2D eigenvalue weighted by Gasteiger charge is 2.13. The molecule has 0 aliphatic rings. The Labute approximate surface area is 133 Å². The van der Waals surface area contributed by atoms with Crippen LogP contribution in [0.1, 0.15) is 6.92 Å². The maximum atomic E-state index is 11.6. The molecule has 0 aliphatic carbocycles. The molecule has 0 saturated heterocycles. The average Bonchev–Trinajstić information content (AvgIpc) is 2.55. The van der Waals surface area contributed by atoms with Crippen LogP contribution < -0.4 is 4.89 Å². The van der Waals surface area contributed by atoms with Crippen molar-refractivity contribution in [3.05, 3.63) is 59.6 Å². The van der Waals surface area contributed by atoms with Gasteiger partial charge < -0.3 is 4.74 Å². The van der Waals surface area contributed by atoms with Gasteiger partial charge in [-0.2, -0.15) is 0 Å². The van der Waals surface area contributed by atoms with Gasteiger partial charge >= 0.3 is 5.97 Å². The number of rotatable bonds is 5. The zero-order chi connectivity index (χ0) is 15.9.